The van der Waals surface area contributed by atoms with Crippen LogP contribution in [-0.4, -0.2) is 30.6 Å². The molecule has 0 saturated heterocycles. The molecule has 1 fully saturated rings. The molecule has 3 aliphatic rings. The van der Waals surface area contributed by atoms with E-state index in [2.05, 4.69) is 6.58 Å². The third-order valence-corrected chi connectivity index (χ3v) is 9.13. The fraction of sp³-hybridized carbons (Fsp3) is 0.429. The van der Waals surface area contributed by atoms with Gasteiger partial charge in [0, 0.05) is 23.9 Å². The van der Waals surface area contributed by atoms with E-state index in [1.807, 2.05) is 19.1 Å². The monoisotopic (exact) mass is 489 g/mol. The van der Waals surface area contributed by atoms with Gasteiger partial charge in [0.2, 0.25) is 0 Å². The second-order valence-electron chi connectivity index (χ2n) is 10.7. The first-order valence-corrected chi connectivity index (χ1v) is 12.2. The Morgan fingerprint density at radius 2 is 1.75 bits per heavy atom. The predicted octanol–water partition coefficient (Wildman–Crippen LogP) is 2.95. The molecule has 1 aliphatic heterocycles. The fourth-order valence-corrected chi connectivity index (χ4v) is 6.82. The number of ketones is 2. The molecule has 0 radical (unpaired) electrons. The summed E-state index contributed by atoms with van der Waals surface area (Å²) < 4.78 is 3.88. The van der Waals surface area contributed by atoms with Gasteiger partial charge in [0.1, 0.15) is 5.75 Å². The van der Waals surface area contributed by atoms with Gasteiger partial charge in [-0.25, -0.2) is 23.5 Å². The van der Waals surface area contributed by atoms with E-state index in [9.17, 15) is 24.3 Å². The molecule has 0 bridgehead atoms. The molecular weight excluding hydrogens is 458 g/mol. The van der Waals surface area contributed by atoms with Crippen LogP contribution < -0.4 is 11.4 Å². The van der Waals surface area contributed by atoms with E-state index in [-0.39, 0.29) is 30.3 Å². The Morgan fingerprint density at radius 1 is 1.08 bits per heavy atom. The van der Waals surface area contributed by atoms with Crippen LogP contribution >= 0.6 is 0 Å². The average molecular weight is 490 g/mol. The number of phenolic OH excluding ortho intramolecular Hbond substituents is 1. The maximum atomic E-state index is 14.1. The highest BCUT2D eigenvalue weighted by Gasteiger charge is 2.67. The minimum atomic E-state index is -1.21. The summed E-state index contributed by atoms with van der Waals surface area (Å²) >= 11 is 0. The summed E-state index contributed by atoms with van der Waals surface area (Å²) in [6, 6.07) is 4.80. The Balaban J connectivity index is 1.87. The third-order valence-electron chi connectivity index (χ3n) is 9.13. The lowest BCUT2D eigenvalue weighted by atomic mass is 9.43. The van der Waals surface area contributed by atoms with Gasteiger partial charge in [0.25, 0.3) is 0 Å². The van der Waals surface area contributed by atoms with Crippen LogP contribution in [0.25, 0.3) is 0 Å². The summed E-state index contributed by atoms with van der Waals surface area (Å²) in [5.41, 5.74) is -0.466. The van der Waals surface area contributed by atoms with E-state index < -0.39 is 34.2 Å². The van der Waals surface area contributed by atoms with Crippen LogP contribution in [-0.2, 0) is 29.6 Å². The van der Waals surface area contributed by atoms with Crippen LogP contribution in [0.1, 0.15) is 57.2 Å². The summed E-state index contributed by atoms with van der Waals surface area (Å²) in [6.07, 6.45) is 4.21. The number of fused-ring (bicyclic) bond motifs is 4. The highest BCUT2D eigenvalue weighted by atomic mass is 16.3. The molecule has 0 unspecified atom stereocenters. The van der Waals surface area contributed by atoms with Crippen LogP contribution in [0.4, 0.5) is 0 Å². The Labute approximate surface area is 208 Å². The molecule has 8 heteroatoms. The topological polar surface area (TPSA) is 103 Å². The number of aromatic nitrogens is 3. The number of hydrogen-bond donors (Lipinski definition) is 1. The van der Waals surface area contributed by atoms with E-state index >= 15 is 0 Å². The van der Waals surface area contributed by atoms with E-state index in [4.69, 9.17) is 0 Å². The van der Waals surface area contributed by atoms with E-state index in [0.717, 1.165) is 10.1 Å². The Morgan fingerprint density at radius 3 is 2.42 bits per heavy atom. The first-order valence-electron chi connectivity index (χ1n) is 12.2. The lowest BCUT2D eigenvalue weighted by Crippen LogP contribution is -2.61. The number of carbonyl (C=O) groups excluding carboxylic acids is 2. The molecule has 4 atom stereocenters. The van der Waals surface area contributed by atoms with Crippen LogP contribution in [0.15, 0.2) is 63.2 Å². The van der Waals surface area contributed by atoms with Gasteiger partial charge in [-0.3, -0.25) is 9.59 Å². The molecule has 1 saturated carbocycles. The number of benzene rings is 1. The van der Waals surface area contributed by atoms with Crippen molar-refractivity contribution in [3.63, 3.8) is 0 Å². The van der Waals surface area contributed by atoms with Crippen molar-refractivity contribution in [2.24, 2.45) is 17.9 Å². The van der Waals surface area contributed by atoms with Gasteiger partial charge in [0.05, 0.1) is 18.0 Å². The number of para-hydroxylation sites is 1. The number of aromatic hydroxyl groups is 1. The molecular formula is C28H31N3O5. The second kappa shape index (κ2) is 7.66. The van der Waals surface area contributed by atoms with E-state index in [1.54, 1.807) is 39.0 Å². The van der Waals surface area contributed by atoms with Crippen molar-refractivity contribution in [2.75, 3.05) is 0 Å². The molecule has 1 aromatic heterocycles. The van der Waals surface area contributed by atoms with Gasteiger partial charge >= 0.3 is 11.4 Å². The number of hydrogen-bond acceptors (Lipinski definition) is 5. The Kier molecular flexibility index (Phi) is 5.11. The minimum Gasteiger partial charge on any atom is -0.507 e. The normalized spacial score (nSPS) is 29.4. The maximum Gasteiger partial charge on any atom is 0.347 e. The smallest absolute Gasteiger partial charge is 0.347 e. The second-order valence-corrected chi connectivity index (χ2v) is 10.7. The maximum absolute atomic E-state index is 14.1. The van der Waals surface area contributed by atoms with Crippen molar-refractivity contribution in [2.45, 2.75) is 59.0 Å². The molecule has 1 N–H and O–H groups in total. The molecule has 0 amide bonds. The average Bonchev–Trinajstić information content (AvgIpc) is 3.08. The third kappa shape index (κ3) is 2.70. The minimum absolute atomic E-state index is 0.0556. The molecule has 1 aromatic carbocycles. The summed E-state index contributed by atoms with van der Waals surface area (Å²) in [6.45, 7) is 10.9. The fourth-order valence-electron chi connectivity index (χ4n) is 6.82. The van der Waals surface area contributed by atoms with Gasteiger partial charge < -0.3 is 5.11 Å². The van der Waals surface area contributed by atoms with Crippen molar-refractivity contribution in [3.05, 3.63) is 85.7 Å². The van der Waals surface area contributed by atoms with Gasteiger partial charge in [-0.05, 0) is 49.0 Å². The summed E-state index contributed by atoms with van der Waals surface area (Å²) in [4.78, 5) is 54.0. The molecule has 8 nitrogen and oxygen atoms in total. The standard InChI is InChI=1S/C28H31N3O5/c1-7-9-17-10-8-11-19(22(17)32)21-18-12-13-30-25(35)29(6)26(36)31(30)20(18)14-27(4)23(33)15(2)16(3)24(34)28(21,27)5/h7-8,10-12,20-21,32H,1,9,13-14H2,2-6H3/t20-,21-,27+,28-/m1/s1. The SMILES string of the molecule is C=CCc1cccc([C@H]2C3=CCn4c(=O)n(C)c(=O)n4[C@@H]3C[C@@]3(C)C(=O)C(C)=C(C)C(=O)[C@@]23C)c1O. The molecule has 2 aliphatic carbocycles. The summed E-state index contributed by atoms with van der Waals surface area (Å²) in [5, 5.41) is 11.4. The molecule has 0 spiro atoms. The van der Waals surface area contributed by atoms with Gasteiger partial charge in [-0.2, -0.15) is 0 Å². The van der Waals surface area contributed by atoms with Crippen molar-refractivity contribution in [1.29, 1.82) is 0 Å². The molecule has 188 valence electrons. The number of Topliss-reactive ketones (excluding diaryl/α,β-unsaturated/α-hetero) is 2. The number of rotatable bonds is 3. The Bertz CT molecular complexity index is 1550. The van der Waals surface area contributed by atoms with E-state index in [1.165, 1.54) is 16.4 Å². The molecule has 2 heterocycles. The zero-order valence-corrected chi connectivity index (χ0v) is 21.3. The first-order chi connectivity index (χ1) is 16.9. The molecule has 36 heavy (non-hydrogen) atoms. The quantitative estimate of drug-likeness (QED) is 0.668. The first kappa shape index (κ1) is 24.0. The van der Waals surface area contributed by atoms with Crippen LogP contribution in [0.2, 0.25) is 0 Å². The van der Waals surface area contributed by atoms with Crippen molar-refractivity contribution >= 4 is 11.6 Å². The largest absolute Gasteiger partial charge is 0.507 e. The summed E-state index contributed by atoms with van der Waals surface area (Å²) in [5.74, 6) is -0.902. The van der Waals surface area contributed by atoms with E-state index in [0.29, 0.717) is 28.7 Å². The Hall–Kier alpha value is -3.68. The predicted molar refractivity (Wildman–Crippen MR) is 135 cm³/mol. The van der Waals surface area contributed by atoms with Crippen LogP contribution in [0.3, 0.4) is 0 Å². The van der Waals surface area contributed by atoms with Gasteiger partial charge in [-0.1, -0.05) is 44.2 Å². The van der Waals surface area contributed by atoms with Crippen molar-refractivity contribution in [1.82, 2.24) is 13.9 Å². The summed E-state index contributed by atoms with van der Waals surface area (Å²) in [7, 11) is 1.44. The number of allylic oxidation sites excluding steroid dienone is 5. The zero-order chi connectivity index (χ0) is 26.3. The lowest BCUT2D eigenvalue weighted by molar-refractivity contribution is -0.151. The van der Waals surface area contributed by atoms with Crippen LogP contribution in [0, 0.1) is 10.8 Å². The lowest BCUT2D eigenvalue weighted by Gasteiger charge is -2.58. The zero-order valence-electron chi connectivity index (χ0n) is 21.3. The molecule has 2 aromatic rings. The highest BCUT2D eigenvalue weighted by molar-refractivity contribution is 6.17. The van der Waals surface area contributed by atoms with Gasteiger partial charge in [0.15, 0.2) is 11.6 Å². The van der Waals surface area contributed by atoms with Crippen molar-refractivity contribution in [3.8, 4) is 5.75 Å². The number of carbonyl (C=O) groups is 2. The van der Waals surface area contributed by atoms with Crippen LogP contribution in [0.5, 0.6) is 5.75 Å². The number of phenols is 1. The number of nitrogens with zero attached hydrogens (tertiary/aromatic N) is 3. The van der Waals surface area contributed by atoms with Crippen molar-refractivity contribution < 1.29 is 14.7 Å². The van der Waals surface area contributed by atoms with Gasteiger partial charge in [-0.15, -0.1) is 6.58 Å². The highest BCUT2D eigenvalue weighted by Crippen LogP contribution is 2.66. The molecule has 5 rings (SSSR count).